The minimum Gasteiger partial charge on any atom is -0.491 e. The van der Waals surface area contributed by atoms with Gasteiger partial charge in [-0.2, -0.15) is 5.26 Å². The molecule has 1 rings (SSSR count). The predicted molar refractivity (Wildman–Crippen MR) is 78.2 cm³/mol. The van der Waals surface area contributed by atoms with Crippen LogP contribution >= 0.6 is 0 Å². The Morgan fingerprint density at radius 1 is 1.29 bits per heavy atom. The van der Waals surface area contributed by atoms with Crippen LogP contribution in [0.3, 0.4) is 0 Å². The molecule has 6 nitrogen and oxygen atoms in total. The van der Waals surface area contributed by atoms with Crippen LogP contribution in [0.15, 0.2) is 24.3 Å². The highest BCUT2D eigenvalue weighted by molar-refractivity contribution is 5.36. The molecule has 0 amide bonds. The van der Waals surface area contributed by atoms with Gasteiger partial charge in [0.05, 0.1) is 24.3 Å². The van der Waals surface area contributed by atoms with Crippen LogP contribution in [0.25, 0.3) is 0 Å². The van der Waals surface area contributed by atoms with Crippen LogP contribution in [0, 0.1) is 11.3 Å². The fourth-order valence-corrected chi connectivity index (χ4v) is 1.71. The molecule has 0 bridgehead atoms. The fraction of sp³-hybridized carbons (Fsp3) is 0.533. The number of nitriles is 1. The third kappa shape index (κ3) is 7.06. The van der Waals surface area contributed by atoms with Crippen LogP contribution < -0.4 is 10.1 Å². The number of nitrogens with zero attached hydrogens (tertiary/aromatic N) is 1. The molecule has 2 atom stereocenters. The van der Waals surface area contributed by atoms with Gasteiger partial charge in [0.2, 0.25) is 0 Å². The topological polar surface area (TPSA) is 83.7 Å². The van der Waals surface area contributed by atoms with Crippen LogP contribution in [0.5, 0.6) is 5.75 Å². The van der Waals surface area contributed by atoms with E-state index in [0.717, 1.165) is 0 Å². The van der Waals surface area contributed by atoms with Crippen molar-refractivity contribution in [3.8, 4) is 11.8 Å². The molecular weight excluding hydrogens is 272 g/mol. The highest BCUT2D eigenvalue weighted by atomic mass is 16.5. The van der Waals surface area contributed by atoms with Crippen molar-refractivity contribution in [1.82, 2.24) is 5.32 Å². The Labute approximate surface area is 125 Å². The SMILES string of the molecule is COCC(CNCC(O)COc1cccc(C#N)c1)OC. The number of hydrogen-bond donors (Lipinski definition) is 2. The van der Waals surface area contributed by atoms with Crippen molar-refractivity contribution in [3.63, 3.8) is 0 Å². The van der Waals surface area contributed by atoms with E-state index >= 15 is 0 Å². The molecular formula is C15H22N2O4. The third-order valence-corrected chi connectivity index (χ3v) is 2.84. The summed E-state index contributed by atoms with van der Waals surface area (Å²) in [6.07, 6.45) is -0.689. The quantitative estimate of drug-likeness (QED) is 0.655. The lowest BCUT2D eigenvalue weighted by molar-refractivity contribution is 0.0257. The minimum atomic E-state index is -0.643. The molecule has 0 heterocycles. The summed E-state index contributed by atoms with van der Waals surface area (Å²) in [7, 11) is 3.23. The van der Waals surface area contributed by atoms with Gasteiger partial charge in [0.25, 0.3) is 0 Å². The summed E-state index contributed by atoms with van der Waals surface area (Å²) in [5.74, 6) is 0.572. The lowest BCUT2D eigenvalue weighted by atomic mass is 10.2. The number of hydrogen-bond acceptors (Lipinski definition) is 6. The van der Waals surface area contributed by atoms with Gasteiger partial charge in [0, 0.05) is 27.3 Å². The minimum absolute atomic E-state index is 0.0459. The van der Waals surface area contributed by atoms with Crippen LogP contribution in [0.1, 0.15) is 5.56 Å². The Hall–Kier alpha value is -1.65. The van der Waals surface area contributed by atoms with Gasteiger partial charge in [-0.3, -0.25) is 0 Å². The molecule has 0 aliphatic rings. The van der Waals surface area contributed by atoms with E-state index in [1.54, 1.807) is 38.5 Å². The van der Waals surface area contributed by atoms with Gasteiger partial charge in [-0.25, -0.2) is 0 Å². The highest BCUT2D eigenvalue weighted by Gasteiger charge is 2.09. The number of methoxy groups -OCH3 is 2. The van der Waals surface area contributed by atoms with Gasteiger partial charge >= 0.3 is 0 Å². The molecule has 21 heavy (non-hydrogen) atoms. The van der Waals surface area contributed by atoms with Crippen molar-refractivity contribution in [1.29, 1.82) is 5.26 Å². The van der Waals surface area contributed by atoms with E-state index in [0.29, 0.717) is 31.0 Å². The molecule has 6 heteroatoms. The first-order valence-corrected chi connectivity index (χ1v) is 6.73. The van der Waals surface area contributed by atoms with Gasteiger partial charge in [-0.05, 0) is 18.2 Å². The highest BCUT2D eigenvalue weighted by Crippen LogP contribution is 2.12. The summed E-state index contributed by atoms with van der Waals surface area (Å²) >= 11 is 0. The van der Waals surface area contributed by atoms with Crippen molar-refractivity contribution in [2.24, 2.45) is 0 Å². The molecule has 1 aromatic carbocycles. The van der Waals surface area contributed by atoms with Crippen LogP contribution in [0.4, 0.5) is 0 Å². The van der Waals surface area contributed by atoms with Crippen LogP contribution in [-0.2, 0) is 9.47 Å². The molecule has 0 aliphatic heterocycles. The molecule has 2 N–H and O–H groups in total. The lowest BCUT2D eigenvalue weighted by Crippen LogP contribution is -2.38. The molecule has 0 spiro atoms. The second-order valence-corrected chi connectivity index (χ2v) is 4.58. The van der Waals surface area contributed by atoms with E-state index in [2.05, 4.69) is 5.32 Å². The van der Waals surface area contributed by atoms with Crippen molar-refractivity contribution in [2.75, 3.05) is 40.5 Å². The van der Waals surface area contributed by atoms with E-state index in [4.69, 9.17) is 19.5 Å². The maximum absolute atomic E-state index is 9.83. The van der Waals surface area contributed by atoms with E-state index in [9.17, 15) is 5.11 Å². The van der Waals surface area contributed by atoms with E-state index in [1.807, 2.05) is 6.07 Å². The molecule has 1 aromatic rings. The summed E-state index contributed by atoms with van der Waals surface area (Å²) < 4.78 is 15.6. The Kier molecular flexibility index (Phi) is 8.40. The first-order chi connectivity index (χ1) is 10.2. The second kappa shape index (κ2) is 10.1. The number of ether oxygens (including phenoxy) is 3. The average Bonchev–Trinajstić information content (AvgIpc) is 2.52. The van der Waals surface area contributed by atoms with E-state index < -0.39 is 6.10 Å². The predicted octanol–water partition coefficient (Wildman–Crippen LogP) is 0.549. The standard InChI is InChI=1S/C15H22N2O4/c1-19-11-15(20-2)9-17-8-13(18)10-21-14-5-3-4-12(6-14)7-16/h3-6,13,15,17-18H,8-11H2,1-2H3. The summed E-state index contributed by atoms with van der Waals surface area (Å²) in [6, 6.07) is 8.87. The summed E-state index contributed by atoms with van der Waals surface area (Å²) in [5, 5.41) is 21.7. The van der Waals surface area contributed by atoms with Gasteiger partial charge in [0.15, 0.2) is 0 Å². The van der Waals surface area contributed by atoms with Crippen molar-refractivity contribution >= 4 is 0 Å². The van der Waals surface area contributed by atoms with Gasteiger partial charge in [-0.1, -0.05) is 6.07 Å². The molecule has 0 radical (unpaired) electrons. The number of rotatable bonds is 10. The third-order valence-electron chi connectivity index (χ3n) is 2.84. The van der Waals surface area contributed by atoms with Crippen LogP contribution in [-0.4, -0.2) is 57.8 Å². The van der Waals surface area contributed by atoms with Crippen LogP contribution in [0.2, 0.25) is 0 Å². The van der Waals surface area contributed by atoms with Crippen molar-refractivity contribution < 1.29 is 19.3 Å². The molecule has 0 aromatic heterocycles. The summed E-state index contributed by atoms with van der Waals surface area (Å²) in [6.45, 7) is 1.63. The zero-order chi connectivity index (χ0) is 15.5. The largest absolute Gasteiger partial charge is 0.491 e. The van der Waals surface area contributed by atoms with Crippen molar-refractivity contribution in [3.05, 3.63) is 29.8 Å². The first kappa shape index (κ1) is 17.4. The summed E-state index contributed by atoms with van der Waals surface area (Å²) in [4.78, 5) is 0. The smallest absolute Gasteiger partial charge is 0.120 e. The fourth-order valence-electron chi connectivity index (χ4n) is 1.71. The lowest BCUT2D eigenvalue weighted by Gasteiger charge is -2.17. The molecule has 2 unspecified atom stereocenters. The first-order valence-electron chi connectivity index (χ1n) is 6.73. The normalized spacial score (nSPS) is 13.4. The van der Waals surface area contributed by atoms with Gasteiger partial charge in [0.1, 0.15) is 18.5 Å². The molecule has 0 fully saturated rings. The number of aliphatic hydroxyl groups excluding tert-OH is 1. The second-order valence-electron chi connectivity index (χ2n) is 4.58. The van der Waals surface area contributed by atoms with Gasteiger partial charge < -0.3 is 24.6 Å². The number of aliphatic hydroxyl groups is 1. The Morgan fingerprint density at radius 3 is 2.76 bits per heavy atom. The number of nitrogens with one attached hydrogen (secondary N) is 1. The monoisotopic (exact) mass is 294 g/mol. The molecule has 0 saturated carbocycles. The molecule has 0 saturated heterocycles. The average molecular weight is 294 g/mol. The Morgan fingerprint density at radius 2 is 2.10 bits per heavy atom. The van der Waals surface area contributed by atoms with E-state index in [1.165, 1.54) is 0 Å². The molecule has 0 aliphatic carbocycles. The maximum atomic E-state index is 9.83. The van der Waals surface area contributed by atoms with E-state index in [-0.39, 0.29) is 12.7 Å². The molecule has 116 valence electrons. The Balaban J connectivity index is 2.24. The zero-order valence-corrected chi connectivity index (χ0v) is 12.4. The Bertz CT molecular complexity index is 448. The maximum Gasteiger partial charge on any atom is 0.120 e. The summed E-state index contributed by atoms with van der Waals surface area (Å²) in [5.41, 5.74) is 0.530. The van der Waals surface area contributed by atoms with Gasteiger partial charge in [-0.15, -0.1) is 0 Å². The zero-order valence-electron chi connectivity index (χ0n) is 12.4. The van der Waals surface area contributed by atoms with Crippen molar-refractivity contribution in [2.45, 2.75) is 12.2 Å². The number of benzene rings is 1.